The van der Waals surface area contributed by atoms with Gasteiger partial charge in [0, 0.05) is 35.9 Å². The zero-order valence-corrected chi connectivity index (χ0v) is 19.2. The molecular formula is C22H24N6O2S2. The van der Waals surface area contributed by atoms with Crippen LogP contribution in [0.1, 0.15) is 38.5 Å². The molecule has 0 aliphatic heterocycles. The van der Waals surface area contributed by atoms with Crippen molar-refractivity contribution in [2.45, 2.75) is 38.5 Å². The Kier molecular flexibility index (Phi) is 8.44. The fraction of sp³-hybridized carbons (Fsp3) is 0.364. The molecule has 0 aliphatic carbocycles. The SMILES string of the molecule is c1cncc(-c2nsnc2OCCCCCCCCOc2nsnc2-c2cccnc2)c1. The standard InChI is InChI=1S/C22H24N6O2S2/c1(3-5-13-29-21-19(25-31-27-21)17-9-7-11-23-15-17)2-4-6-14-30-22-20(26-32-28-22)18-10-8-12-24-16-18/h7-12,15-16H,1-6,13-14H2. The van der Waals surface area contributed by atoms with Gasteiger partial charge in [-0.05, 0) is 37.1 Å². The highest BCUT2D eigenvalue weighted by Crippen LogP contribution is 2.28. The molecule has 0 unspecified atom stereocenters. The summed E-state index contributed by atoms with van der Waals surface area (Å²) in [6, 6.07) is 7.70. The lowest BCUT2D eigenvalue weighted by molar-refractivity contribution is 0.290. The van der Waals surface area contributed by atoms with E-state index < -0.39 is 0 Å². The lowest BCUT2D eigenvalue weighted by Gasteiger charge is -2.06. The lowest BCUT2D eigenvalue weighted by Crippen LogP contribution is -2.00. The van der Waals surface area contributed by atoms with Gasteiger partial charge in [0.1, 0.15) is 11.4 Å². The minimum Gasteiger partial charge on any atom is -0.475 e. The maximum atomic E-state index is 5.84. The van der Waals surface area contributed by atoms with Crippen LogP contribution in [0.25, 0.3) is 22.5 Å². The summed E-state index contributed by atoms with van der Waals surface area (Å²) in [5.41, 5.74) is 3.40. The molecule has 4 aromatic rings. The number of ether oxygens (including phenoxy) is 2. The average molecular weight is 469 g/mol. The first kappa shape index (κ1) is 22.2. The molecular weight excluding hydrogens is 444 g/mol. The van der Waals surface area contributed by atoms with Crippen molar-refractivity contribution in [2.75, 3.05) is 13.2 Å². The Morgan fingerprint density at radius 2 is 1.06 bits per heavy atom. The van der Waals surface area contributed by atoms with Gasteiger partial charge in [0.25, 0.3) is 11.8 Å². The summed E-state index contributed by atoms with van der Waals surface area (Å²) in [5.74, 6) is 1.20. The van der Waals surface area contributed by atoms with Crippen LogP contribution in [0, 0.1) is 0 Å². The molecule has 8 nitrogen and oxygen atoms in total. The van der Waals surface area contributed by atoms with Crippen LogP contribution in [0.15, 0.2) is 49.1 Å². The predicted octanol–water partition coefficient (Wildman–Crippen LogP) is 5.31. The molecule has 10 heteroatoms. The molecule has 0 aliphatic rings. The molecule has 0 aromatic carbocycles. The van der Waals surface area contributed by atoms with Crippen LogP contribution in [-0.2, 0) is 0 Å². The van der Waals surface area contributed by atoms with Crippen LogP contribution in [0.5, 0.6) is 11.8 Å². The Hall–Kier alpha value is -2.98. The van der Waals surface area contributed by atoms with Crippen molar-refractivity contribution >= 4 is 23.5 Å². The summed E-state index contributed by atoms with van der Waals surface area (Å²) in [6.07, 6.45) is 13.6. The quantitative estimate of drug-likeness (QED) is 0.244. The Morgan fingerprint density at radius 1 is 0.594 bits per heavy atom. The topological polar surface area (TPSA) is 95.8 Å². The van der Waals surface area contributed by atoms with Crippen molar-refractivity contribution in [1.29, 1.82) is 0 Å². The van der Waals surface area contributed by atoms with Crippen LogP contribution in [-0.4, -0.2) is 40.7 Å². The third-order valence-electron chi connectivity index (χ3n) is 4.80. The molecule has 0 amide bonds. The molecule has 0 bridgehead atoms. The van der Waals surface area contributed by atoms with Crippen molar-refractivity contribution in [1.82, 2.24) is 27.5 Å². The van der Waals surface area contributed by atoms with E-state index in [9.17, 15) is 0 Å². The van der Waals surface area contributed by atoms with Gasteiger partial charge in [-0.25, -0.2) is 0 Å². The highest BCUT2D eigenvalue weighted by molar-refractivity contribution is 6.99. The molecule has 0 fully saturated rings. The number of hydrogen-bond donors (Lipinski definition) is 0. The third-order valence-corrected chi connectivity index (χ3v) is 5.83. The van der Waals surface area contributed by atoms with Crippen molar-refractivity contribution in [2.24, 2.45) is 0 Å². The van der Waals surface area contributed by atoms with Crippen molar-refractivity contribution in [3.8, 4) is 34.3 Å². The van der Waals surface area contributed by atoms with E-state index in [0.717, 1.165) is 71.7 Å². The molecule has 4 rings (SSSR count). The van der Waals surface area contributed by atoms with Gasteiger partial charge >= 0.3 is 0 Å². The number of hydrogen-bond acceptors (Lipinski definition) is 10. The van der Waals surface area contributed by atoms with Crippen LogP contribution in [0.3, 0.4) is 0 Å². The fourth-order valence-electron chi connectivity index (χ4n) is 3.16. The highest BCUT2D eigenvalue weighted by atomic mass is 32.1. The second-order valence-corrected chi connectivity index (χ2v) is 8.19. The minimum absolute atomic E-state index is 0.599. The predicted molar refractivity (Wildman–Crippen MR) is 125 cm³/mol. The van der Waals surface area contributed by atoms with Gasteiger partial charge in [0.15, 0.2) is 0 Å². The summed E-state index contributed by atoms with van der Waals surface area (Å²) < 4.78 is 28.9. The molecule has 4 heterocycles. The van der Waals surface area contributed by atoms with E-state index in [1.54, 1.807) is 24.8 Å². The minimum atomic E-state index is 0.599. The van der Waals surface area contributed by atoms with Gasteiger partial charge in [-0.3, -0.25) is 9.97 Å². The zero-order chi connectivity index (χ0) is 21.8. The van der Waals surface area contributed by atoms with Crippen LogP contribution in [0.4, 0.5) is 0 Å². The molecule has 0 radical (unpaired) electrons. The molecule has 4 aromatic heterocycles. The Morgan fingerprint density at radius 3 is 1.50 bits per heavy atom. The Labute approximate surface area is 195 Å². The van der Waals surface area contributed by atoms with E-state index in [-0.39, 0.29) is 0 Å². The molecule has 32 heavy (non-hydrogen) atoms. The number of nitrogens with zero attached hydrogens (tertiary/aromatic N) is 6. The van der Waals surface area contributed by atoms with E-state index >= 15 is 0 Å². The summed E-state index contributed by atoms with van der Waals surface area (Å²) in [5, 5.41) is 0. The van der Waals surface area contributed by atoms with E-state index in [0.29, 0.717) is 25.0 Å². The van der Waals surface area contributed by atoms with E-state index in [1.165, 1.54) is 12.8 Å². The van der Waals surface area contributed by atoms with E-state index in [4.69, 9.17) is 9.47 Å². The zero-order valence-electron chi connectivity index (χ0n) is 17.6. The van der Waals surface area contributed by atoms with Crippen molar-refractivity contribution < 1.29 is 9.47 Å². The maximum absolute atomic E-state index is 5.84. The van der Waals surface area contributed by atoms with Crippen LogP contribution >= 0.6 is 23.5 Å². The molecule has 166 valence electrons. The highest BCUT2D eigenvalue weighted by Gasteiger charge is 2.12. The number of rotatable bonds is 13. The number of unbranched alkanes of at least 4 members (excludes halogenated alkanes) is 5. The van der Waals surface area contributed by atoms with E-state index in [2.05, 4.69) is 27.5 Å². The van der Waals surface area contributed by atoms with E-state index in [1.807, 2.05) is 24.3 Å². The smallest absolute Gasteiger partial charge is 0.254 e. The normalized spacial score (nSPS) is 10.9. The lowest BCUT2D eigenvalue weighted by atomic mass is 10.1. The molecule has 0 N–H and O–H groups in total. The van der Waals surface area contributed by atoms with Gasteiger partial charge in [0.05, 0.1) is 36.7 Å². The summed E-state index contributed by atoms with van der Waals surface area (Å²) in [4.78, 5) is 8.26. The first-order valence-corrected chi connectivity index (χ1v) is 12.1. The van der Waals surface area contributed by atoms with Gasteiger partial charge in [-0.1, -0.05) is 25.7 Å². The first-order chi connectivity index (χ1) is 15.9. The summed E-state index contributed by atoms with van der Waals surface area (Å²) in [6.45, 7) is 1.30. The molecule has 0 spiro atoms. The van der Waals surface area contributed by atoms with Gasteiger partial charge in [0.2, 0.25) is 0 Å². The van der Waals surface area contributed by atoms with Crippen molar-refractivity contribution in [3.05, 3.63) is 49.1 Å². The van der Waals surface area contributed by atoms with Crippen LogP contribution in [0.2, 0.25) is 0 Å². The van der Waals surface area contributed by atoms with Gasteiger partial charge < -0.3 is 9.47 Å². The Bertz CT molecular complexity index is 973. The van der Waals surface area contributed by atoms with Gasteiger partial charge in [-0.2, -0.15) is 8.75 Å². The second kappa shape index (κ2) is 12.2. The van der Waals surface area contributed by atoms with Crippen LogP contribution < -0.4 is 9.47 Å². The molecule has 0 saturated carbocycles. The summed E-state index contributed by atoms with van der Waals surface area (Å²) in [7, 11) is 0. The Balaban J connectivity index is 1.06. The maximum Gasteiger partial charge on any atom is 0.254 e. The molecule has 0 saturated heterocycles. The second-order valence-electron chi connectivity index (χ2n) is 7.14. The summed E-state index contributed by atoms with van der Waals surface area (Å²) >= 11 is 2.33. The first-order valence-electron chi connectivity index (χ1n) is 10.6. The fourth-order valence-corrected chi connectivity index (χ4v) is 4.20. The largest absolute Gasteiger partial charge is 0.475 e. The third kappa shape index (κ3) is 6.27. The average Bonchev–Trinajstić information content (AvgIpc) is 3.51. The monoisotopic (exact) mass is 468 g/mol. The number of aromatic nitrogens is 6. The molecule has 0 atom stereocenters. The number of pyridine rings is 2. The van der Waals surface area contributed by atoms with Crippen molar-refractivity contribution in [3.63, 3.8) is 0 Å². The van der Waals surface area contributed by atoms with Gasteiger partial charge in [-0.15, -0.1) is 8.75 Å².